The van der Waals surface area contributed by atoms with Crippen LogP contribution >= 0.6 is 0 Å². The van der Waals surface area contributed by atoms with Crippen molar-refractivity contribution in [2.45, 2.75) is 18.8 Å². The highest BCUT2D eigenvalue weighted by Gasteiger charge is 2.32. The van der Waals surface area contributed by atoms with Crippen LogP contribution in [0, 0.1) is 0 Å². The minimum atomic E-state index is -4.66. The molecule has 1 aliphatic heterocycles. The summed E-state index contributed by atoms with van der Waals surface area (Å²) < 4.78 is 40.7. The third-order valence-corrected chi connectivity index (χ3v) is 2.86. The molecule has 1 N–H and O–H groups in total. The summed E-state index contributed by atoms with van der Waals surface area (Å²) in [6.07, 6.45) is -3.75. The zero-order valence-corrected chi connectivity index (χ0v) is 10.00. The van der Waals surface area contributed by atoms with Crippen molar-refractivity contribution in [3.05, 3.63) is 24.3 Å². The van der Waals surface area contributed by atoms with Gasteiger partial charge in [0.2, 0.25) is 0 Å². The Morgan fingerprint density at radius 3 is 2.67 bits per heavy atom. The first-order valence-corrected chi connectivity index (χ1v) is 5.74. The van der Waals surface area contributed by atoms with Crippen LogP contribution in [0.1, 0.15) is 6.42 Å². The lowest BCUT2D eigenvalue weighted by Crippen LogP contribution is -2.24. The number of benzene rings is 1. The van der Waals surface area contributed by atoms with Gasteiger partial charge in [0.1, 0.15) is 0 Å². The minimum absolute atomic E-state index is 0.160. The van der Waals surface area contributed by atoms with Crippen molar-refractivity contribution in [1.29, 1.82) is 0 Å². The van der Waals surface area contributed by atoms with Crippen LogP contribution in [0.3, 0.4) is 0 Å². The highest BCUT2D eigenvalue weighted by atomic mass is 19.4. The van der Waals surface area contributed by atoms with E-state index in [1.165, 1.54) is 12.1 Å². The number of halogens is 3. The highest BCUT2D eigenvalue weighted by molar-refractivity contribution is 5.57. The lowest BCUT2D eigenvalue weighted by molar-refractivity contribution is -0.274. The Hall–Kier alpha value is -1.43. The van der Waals surface area contributed by atoms with Gasteiger partial charge in [0, 0.05) is 12.6 Å². The predicted octanol–water partition coefficient (Wildman–Crippen LogP) is 2.70. The summed E-state index contributed by atoms with van der Waals surface area (Å²) in [5.74, 6) is -0.181. The molecule has 1 atom stereocenters. The summed E-state index contributed by atoms with van der Waals surface area (Å²) in [6, 6.07) is 6.28. The van der Waals surface area contributed by atoms with Crippen LogP contribution in [0.15, 0.2) is 24.3 Å². The average Bonchev–Trinajstić information content (AvgIpc) is 2.65. The molecule has 0 radical (unpaired) electrons. The van der Waals surface area contributed by atoms with Gasteiger partial charge in [-0.3, -0.25) is 0 Å². The lowest BCUT2D eigenvalue weighted by Gasteiger charge is -2.18. The molecule has 1 saturated heterocycles. The molecule has 1 aliphatic rings. The van der Waals surface area contributed by atoms with Crippen molar-refractivity contribution in [2.24, 2.45) is 0 Å². The zero-order chi connectivity index (χ0) is 13.2. The first-order chi connectivity index (χ1) is 8.44. The van der Waals surface area contributed by atoms with Gasteiger partial charge in [-0.1, -0.05) is 12.1 Å². The van der Waals surface area contributed by atoms with Crippen LogP contribution < -0.4 is 10.1 Å². The number of alkyl halides is 3. The quantitative estimate of drug-likeness (QED) is 0.904. The Kier molecular flexibility index (Phi) is 3.65. The van der Waals surface area contributed by atoms with Crippen LogP contribution in [-0.4, -0.2) is 37.4 Å². The summed E-state index contributed by atoms with van der Waals surface area (Å²) in [6.45, 7) is 1.76. The van der Waals surface area contributed by atoms with Gasteiger partial charge in [-0.05, 0) is 32.1 Å². The molecule has 0 saturated carbocycles. The van der Waals surface area contributed by atoms with E-state index in [9.17, 15) is 13.2 Å². The molecule has 0 aromatic heterocycles. The second-order valence-electron chi connectivity index (χ2n) is 4.44. The molecule has 18 heavy (non-hydrogen) atoms. The molecule has 0 aliphatic carbocycles. The topological polar surface area (TPSA) is 24.5 Å². The molecule has 1 aromatic carbocycles. The van der Waals surface area contributed by atoms with E-state index in [1.807, 2.05) is 7.05 Å². The molecule has 1 aromatic rings. The minimum Gasteiger partial charge on any atom is -0.404 e. The Morgan fingerprint density at radius 2 is 2.06 bits per heavy atom. The molecule has 1 fully saturated rings. The number of hydrogen-bond donors (Lipinski definition) is 1. The maximum absolute atomic E-state index is 12.2. The molecular weight excluding hydrogens is 245 g/mol. The smallest absolute Gasteiger partial charge is 0.404 e. The predicted molar refractivity (Wildman–Crippen MR) is 62.6 cm³/mol. The van der Waals surface area contributed by atoms with E-state index in [0.29, 0.717) is 5.69 Å². The summed E-state index contributed by atoms with van der Waals surface area (Å²) in [5.41, 5.74) is 0.384. The van der Waals surface area contributed by atoms with Gasteiger partial charge in [-0.25, -0.2) is 0 Å². The van der Waals surface area contributed by atoms with E-state index in [1.54, 1.807) is 12.1 Å². The van der Waals surface area contributed by atoms with Crippen molar-refractivity contribution in [2.75, 3.05) is 25.5 Å². The molecule has 0 bridgehead atoms. The van der Waals surface area contributed by atoms with Gasteiger partial charge in [0.15, 0.2) is 5.75 Å². The summed E-state index contributed by atoms with van der Waals surface area (Å²) >= 11 is 0. The van der Waals surface area contributed by atoms with E-state index < -0.39 is 6.36 Å². The van der Waals surface area contributed by atoms with Crippen LogP contribution in [-0.2, 0) is 0 Å². The third kappa shape index (κ3) is 3.53. The SMILES string of the molecule is CN1CCC(Nc2ccccc2OC(F)(F)F)C1. The third-order valence-electron chi connectivity index (χ3n) is 2.86. The molecule has 3 nitrogen and oxygen atoms in total. The number of likely N-dealkylation sites (N-methyl/N-ethyl adjacent to an activating group) is 1. The summed E-state index contributed by atoms with van der Waals surface area (Å²) in [7, 11) is 1.99. The van der Waals surface area contributed by atoms with Crippen LogP contribution in [0.5, 0.6) is 5.75 Å². The lowest BCUT2D eigenvalue weighted by atomic mass is 10.2. The van der Waals surface area contributed by atoms with E-state index in [4.69, 9.17) is 0 Å². The van der Waals surface area contributed by atoms with Gasteiger partial charge in [-0.15, -0.1) is 13.2 Å². The number of ether oxygens (including phenoxy) is 1. The molecule has 1 unspecified atom stereocenters. The van der Waals surface area contributed by atoms with Crippen molar-refractivity contribution >= 4 is 5.69 Å². The fraction of sp³-hybridized carbons (Fsp3) is 0.500. The van der Waals surface area contributed by atoms with Crippen LogP contribution in [0.4, 0.5) is 18.9 Å². The largest absolute Gasteiger partial charge is 0.573 e. The Morgan fingerprint density at radius 1 is 1.33 bits per heavy atom. The monoisotopic (exact) mass is 260 g/mol. The number of nitrogens with zero attached hydrogens (tertiary/aromatic N) is 1. The number of likely N-dealkylation sites (tertiary alicyclic amines) is 1. The molecule has 1 heterocycles. The van der Waals surface area contributed by atoms with Gasteiger partial charge in [-0.2, -0.15) is 0 Å². The number of nitrogens with one attached hydrogen (secondary N) is 1. The summed E-state index contributed by atoms with van der Waals surface area (Å²) in [4.78, 5) is 2.13. The van der Waals surface area contributed by atoms with Gasteiger partial charge < -0.3 is 15.0 Å². The van der Waals surface area contributed by atoms with E-state index in [2.05, 4.69) is 15.0 Å². The van der Waals surface area contributed by atoms with Crippen molar-refractivity contribution in [3.8, 4) is 5.75 Å². The standard InChI is InChI=1S/C12H15F3N2O/c1-17-7-6-9(8-17)16-10-4-2-3-5-11(10)18-12(13,14)15/h2-5,9,16H,6-8H2,1H3. The van der Waals surface area contributed by atoms with Crippen molar-refractivity contribution in [1.82, 2.24) is 4.90 Å². The van der Waals surface area contributed by atoms with E-state index in [0.717, 1.165) is 19.5 Å². The fourth-order valence-electron chi connectivity index (χ4n) is 2.07. The Labute approximate surface area is 104 Å². The molecule has 0 amide bonds. The Bertz CT molecular complexity index is 409. The van der Waals surface area contributed by atoms with Gasteiger partial charge in [0.05, 0.1) is 5.69 Å². The first-order valence-electron chi connectivity index (χ1n) is 5.74. The first kappa shape index (κ1) is 13.0. The zero-order valence-electron chi connectivity index (χ0n) is 10.00. The van der Waals surface area contributed by atoms with Crippen molar-refractivity contribution in [3.63, 3.8) is 0 Å². The van der Waals surface area contributed by atoms with Crippen molar-refractivity contribution < 1.29 is 17.9 Å². The van der Waals surface area contributed by atoms with Gasteiger partial charge >= 0.3 is 6.36 Å². The molecule has 2 rings (SSSR count). The molecule has 6 heteroatoms. The highest BCUT2D eigenvalue weighted by Crippen LogP contribution is 2.31. The van der Waals surface area contributed by atoms with E-state index in [-0.39, 0.29) is 11.8 Å². The fourth-order valence-corrected chi connectivity index (χ4v) is 2.07. The van der Waals surface area contributed by atoms with Crippen LogP contribution in [0.2, 0.25) is 0 Å². The number of para-hydroxylation sites is 2. The molecular formula is C12H15F3N2O. The average molecular weight is 260 g/mol. The molecule has 100 valence electrons. The summed E-state index contributed by atoms with van der Waals surface area (Å²) in [5, 5.41) is 3.10. The van der Waals surface area contributed by atoms with E-state index >= 15 is 0 Å². The normalized spacial score (nSPS) is 21.0. The number of anilines is 1. The maximum Gasteiger partial charge on any atom is 0.573 e. The van der Waals surface area contributed by atoms with Gasteiger partial charge in [0.25, 0.3) is 0 Å². The second-order valence-corrected chi connectivity index (χ2v) is 4.44. The number of hydrogen-bond acceptors (Lipinski definition) is 3. The maximum atomic E-state index is 12.2. The molecule has 0 spiro atoms. The Balaban J connectivity index is 2.07. The van der Waals surface area contributed by atoms with Crippen LogP contribution in [0.25, 0.3) is 0 Å². The number of rotatable bonds is 3. The second kappa shape index (κ2) is 5.06.